The van der Waals surface area contributed by atoms with Crippen molar-refractivity contribution in [3.8, 4) is 5.75 Å². The van der Waals surface area contributed by atoms with E-state index in [0.29, 0.717) is 43.1 Å². The number of benzene rings is 1. The monoisotopic (exact) mass is 630 g/mol. The molecule has 0 radical (unpaired) electrons. The Labute approximate surface area is 270 Å². The molecule has 254 valence electrons. The molecule has 0 bridgehead atoms. The lowest BCUT2D eigenvalue weighted by molar-refractivity contribution is -0.132. The molecule has 0 unspecified atom stereocenters. The van der Waals surface area contributed by atoms with Crippen LogP contribution in [0.4, 0.5) is 5.69 Å². The average Bonchev–Trinajstić information content (AvgIpc) is 3.02. The van der Waals surface area contributed by atoms with E-state index >= 15 is 0 Å². The number of nitrogens with zero attached hydrogens (tertiary/aromatic N) is 3. The third kappa shape index (κ3) is 11.6. The molecular weight excluding hydrogens is 572 g/mol. The van der Waals surface area contributed by atoms with E-state index in [-0.39, 0.29) is 48.4 Å². The smallest absolute Gasteiger partial charge is 0.258 e. The second-order valence-corrected chi connectivity index (χ2v) is 13.5. The van der Waals surface area contributed by atoms with Crippen molar-refractivity contribution in [2.75, 3.05) is 59.3 Å². The maximum absolute atomic E-state index is 14.3. The molecule has 0 aromatic heterocycles. The van der Waals surface area contributed by atoms with Crippen molar-refractivity contribution in [3.63, 3.8) is 0 Å². The summed E-state index contributed by atoms with van der Waals surface area (Å²) in [5.74, 6) is 0.127. The summed E-state index contributed by atoms with van der Waals surface area (Å²) in [5.41, 5.74) is 0.925. The number of carbonyl (C=O) groups excluding carboxylic acids is 3. The summed E-state index contributed by atoms with van der Waals surface area (Å²) in [6.45, 7) is 7.78. The number of fused-ring (bicyclic) bond motifs is 1. The number of amides is 3. The number of carbonyl (C=O) groups is 3. The van der Waals surface area contributed by atoms with Gasteiger partial charge in [0.2, 0.25) is 11.8 Å². The Morgan fingerprint density at radius 1 is 1.07 bits per heavy atom. The van der Waals surface area contributed by atoms with E-state index in [1.54, 1.807) is 28.0 Å². The first-order chi connectivity index (χ1) is 21.5. The number of ether oxygens (including phenoxy) is 2. The van der Waals surface area contributed by atoms with Crippen LogP contribution < -0.4 is 10.1 Å². The summed E-state index contributed by atoms with van der Waals surface area (Å²) < 4.78 is 12.7. The fraction of sp³-hybridized carbons (Fsp3) is 0.743. The van der Waals surface area contributed by atoms with Crippen molar-refractivity contribution in [2.45, 2.75) is 103 Å². The molecule has 10 nitrogen and oxygen atoms in total. The van der Waals surface area contributed by atoms with Gasteiger partial charge in [0.1, 0.15) is 5.75 Å². The maximum atomic E-state index is 14.3. The molecule has 1 aliphatic heterocycles. The molecule has 3 rings (SSSR count). The van der Waals surface area contributed by atoms with Crippen LogP contribution in [0.25, 0.3) is 0 Å². The van der Waals surface area contributed by atoms with Crippen molar-refractivity contribution in [1.29, 1.82) is 0 Å². The minimum absolute atomic E-state index is 0.00754. The highest BCUT2D eigenvalue weighted by atomic mass is 16.5. The molecule has 2 aliphatic rings. The summed E-state index contributed by atoms with van der Waals surface area (Å²) in [7, 11) is 5.81. The van der Waals surface area contributed by atoms with Gasteiger partial charge in [-0.1, -0.05) is 26.2 Å². The molecule has 4 atom stereocenters. The predicted molar refractivity (Wildman–Crippen MR) is 178 cm³/mol. The van der Waals surface area contributed by atoms with Crippen LogP contribution in [0, 0.1) is 11.8 Å². The largest absolute Gasteiger partial charge is 0.490 e. The molecule has 2 N–H and O–H groups in total. The first-order valence-corrected chi connectivity index (χ1v) is 17.0. The van der Waals surface area contributed by atoms with Crippen molar-refractivity contribution < 1.29 is 29.0 Å². The van der Waals surface area contributed by atoms with Gasteiger partial charge in [0.25, 0.3) is 5.91 Å². The number of anilines is 1. The summed E-state index contributed by atoms with van der Waals surface area (Å²) >= 11 is 0. The van der Waals surface area contributed by atoms with Gasteiger partial charge in [0.15, 0.2) is 0 Å². The summed E-state index contributed by atoms with van der Waals surface area (Å²) in [6, 6.07) is 4.83. The fourth-order valence-electron chi connectivity index (χ4n) is 6.18. The summed E-state index contributed by atoms with van der Waals surface area (Å²) in [4.78, 5) is 45.8. The number of nitrogens with one attached hydrogen (secondary N) is 1. The van der Waals surface area contributed by atoms with E-state index in [1.807, 2.05) is 41.9 Å². The molecule has 45 heavy (non-hydrogen) atoms. The third-order valence-corrected chi connectivity index (χ3v) is 9.17. The minimum Gasteiger partial charge on any atom is -0.490 e. The van der Waals surface area contributed by atoms with Crippen LogP contribution in [0.5, 0.6) is 5.75 Å². The van der Waals surface area contributed by atoms with Crippen molar-refractivity contribution in [3.05, 3.63) is 23.8 Å². The molecule has 1 aliphatic carbocycles. The zero-order valence-electron chi connectivity index (χ0n) is 28.6. The predicted octanol–water partition coefficient (Wildman–Crippen LogP) is 4.80. The van der Waals surface area contributed by atoms with Gasteiger partial charge in [-0.2, -0.15) is 0 Å². The fourth-order valence-corrected chi connectivity index (χ4v) is 6.18. The van der Waals surface area contributed by atoms with E-state index in [9.17, 15) is 19.5 Å². The van der Waals surface area contributed by atoms with E-state index < -0.39 is 6.04 Å². The van der Waals surface area contributed by atoms with Crippen molar-refractivity contribution in [1.82, 2.24) is 14.7 Å². The second kappa shape index (κ2) is 18.5. The van der Waals surface area contributed by atoms with Gasteiger partial charge in [-0.05, 0) is 91.2 Å². The maximum Gasteiger partial charge on any atom is 0.258 e. The number of likely N-dealkylation sites (N-methyl/N-ethyl adjacent to an activating group) is 1. The average molecular weight is 631 g/mol. The lowest BCUT2D eigenvalue weighted by atomic mass is 9.88. The second-order valence-electron chi connectivity index (χ2n) is 13.5. The highest BCUT2D eigenvalue weighted by Crippen LogP contribution is 2.30. The first-order valence-electron chi connectivity index (χ1n) is 17.0. The number of aliphatic hydroxyl groups is 1. The summed E-state index contributed by atoms with van der Waals surface area (Å²) in [6.07, 6.45) is 8.43. The normalized spacial score (nSPS) is 23.1. The lowest BCUT2D eigenvalue weighted by Crippen LogP contribution is -2.48. The highest BCUT2D eigenvalue weighted by Gasteiger charge is 2.31. The topological polar surface area (TPSA) is 112 Å². The standard InChI is InChI=1S/C35H58N4O6/c1-25-22-39(26(2)24-40)35(43)30-21-29(36-34(42)28-14-8-7-9-15-28)17-18-31(30)45-27(3)13-10-11-20-44-32(25)23-38(6)33(41)16-12-19-37(4)5/h17-18,21,25-28,32,40H,7-16,19-20,22-24H2,1-6H3,(H,36,42)/t25-,26+,27-,32-/m1/s1. The van der Waals surface area contributed by atoms with Crippen LogP contribution in [0.15, 0.2) is 18.2 Å². The van der Waals surface area contributed by atoms with Gasteiger partial charge >= 0.3 is 0 Å². The zero-order chi connectivity index (χ0) is 32.9. The van der Waals surface area contributed by atoms with Crippen molar-refractivity contribution in [2.24, 2.45) is 11.8 Å². The van der Waals surface area contributed by atoms with Gasteiger partial charge in [0.05, 0.1) is 30.4 Å². The molecule has 3 amide bonds. The third-order valence-electron chi connectivity index (χ3n) is 9.17. The Hall–Kier alpha value is -2.69. The molecular formula is C35H58N4O6. The SMILES string of the molecule is C[C@@H]1CCCCO[C@H](CN(C)C(=O)CCCN(C)C)[C@H](C)CN([C@@H](C)CO)C(=O)c2cc(NC(=O)C3CCCCC3)ccc2O1. The minimum atomic E-state index is -0.468. The lowest BCUT2D eigenvalue weighted by Gasteiger charge is -2.36. The Balaban J connectivity index is 1.87. The summed E-state index contributed by atoms with van der Waals surface area (Å²) in [5, 5.41) is 13.3. The Kier molecular flexibility index (Phi) is 15.1. The van der Waals surface area contributed by atoms with E-state index in [1.165, 1.54) is 6.42 Å². The van der Waals surface area contributed by atoms with Gasteiger partial charge < -0.3 is 34.6 Å². The van der Waals surface area contributed by atoms with Gasteiger partial charge in [0, 0.05) is 50.7 Å². The Bertz CT molecular complexity index is 1090. The van der Waals surface area contributed by atoms with Crippen LogP contribution in [0.3, 0.4) is 0 Å². The van der Waals surface area contributed by atoms with E-state index in [2.05, 4.69) is 10.2 Å². The Morgan fingerprint density at radius 2 is 1.78 bits per heavy atom. The molecule has 1 heterocycles. The van der Waals surface area contributed by atoms with Gasteiger partial charge in [-0.15, -0.1) is 0 Å². The van der Waals surface area contributed by atoms with Crippen LogP contribution in [0.1, 0.15) is 95.3 Å². The number of aliphatic hydroxyl groups excluding tert-OH is 1. The Morgan fingerprint density at radius 3 is 2.47 bits per heavy atom. The van der Waals surface area contributed by atoms with Crippen LogP contribution in [-0.2, 0) is 14.3 Å². The molecule has 10 heteroatoms. The first kappa shape index (κ1) is 36.8. The molecule has 0 saturated heterocycles. The van der Waals surface area contributed by atoms with Crippen molar-refractivity contribution >= 4 is 23.4 Å². The van der Waals surface area contributed by atoms with Gasteiger partial charge in [-0.3, -0.25) is 14.4 Å². The quantitative estimate of drug-likeness (QED) is 0.382. The molecule has 1 aromatic rings. The highest BCUT2D eigenvalue weighted by molar-refractivity contribution is 6.00. The van der Waals surface area contributed by atoms with Crippen LogP contribution in [-0.4, -0.2) is 110 Å². The number of hydrogen-bond acceptors (Lipinski definition) is 7. The molecule has 1 aromatic carbocycles. The molecule has 0 spiro atoms. The van der Waals surface area contributed by atoms with Crippen LogP contribution in [0.2, 0.25) is 0 Å². The molecule has 1 saturated carbocycles. The van der Waals surface area contributed by atoms with Gasteiger partial charge in [-0.25, -0.2) is 0 Å². The van der Waals surface area contributed by atoms with E-state index in [4.69, 9.17) is 9.47 Å². The zero-order valence-corrected chi connectivity index (χ0v) is 28.6. The number of hydrogen-bond donors (Lipinski definition) is 2. The number of rotatable bonds is 10. The van der Waals surface area contributed by atoms with E-state index in [0.717, 1.165) is 57.9 Å². The van der Waals surface area contributed by atoms with Crippen LogP contribution >= 0.6 is 0 Å². The molecule has 1 fully saturated rings.